The molecule has 0 aliphatic carbocycles. The molecule has 8 nitrogen and oxygen atoms in total. The molecule has 3 heterocycles. The molecule has 150 valence electrons. The molecule has 1 aromatic carbocycles. The Balaban J connectivity index is 1.37. The lowest BCUT2D eigenvalue weighted by atomic mass is 10.0. The maximum atomic E-state index is 12.8. The largest absolute Gasteiger partial charge is 0.376 e. The van der Waals surface area contributed by atoms with E-state index in [4.69, 9.17) is 4.74 Å². The highest BCUT2D eigenvalue weighted by atomic mass is 16.5. The van der Waals surface area contributed by atoms with Gasteiger partial charge in [0.05, 0.1) is 12.7 Å². The van der Waals surface area contributed by atoms with Gasteiger partial charge in [0.1, 0.15) is 6.04 Å². The molecule has 0 bridgehead atoms. The minimum absolute atomic E-state index is 0.131. The standard InChI is InChI=1S/C20H26N4O4/c25-18-5-4-17(19(26)23-18)24-12-16-13(2-1-3-15(16)20(24)27)10-21-7-6-14-11-22-8-9-28-14/h1-3,14,17,21-22H,4-12H2,(H,23,25,26). The monoisotopic (exact) mass is 386 g/mol. The molecule has 3 amide bonds. The summed E-state index contributed by atoms with van der Waals surface area (Å²) >= 11 is 0. The van der Waals surface area contributed by atoms with Gasteiger partial charge in [0.25, 0.3) is 5.91 Å². The summed E-state index contributed by atoms with van der Waals surface area (Å²) in [7, 11) is 0. The van der Waals surface area contributed by atoms with Gasteiger partial charge in [0, 0.05) is 38.2 Å². The van der Waals surface area contributed by atoms with E-state index in [-0.39, 0.29) is 30.2 Å². The van der Waals surface area contributed by atoms with E-state index in [0.717, 1.165) is 43.8 Å². The number of hydrogen-bond acceptors (Lipinski definition) is 6. The number of morpholine rings is 1. The number of carbonyl (C=O) groups excluding carboxylic acids is 3. The lowest BCUT2D eigenvalue weighted by Crippen LogP contribution is -2.52. The number of piperidine rings is 1. The van der Waals surface area contributed by atoms with Gasteiger partial charge in [-0.3, -0.25) is 19.7 Å². The van der Waals surface area contributed by atoms with Crippen molar-refractivity contribution in [1.29, 1.82) is 0 Å². The van der Waals surface area contributed by atoms with Crippen LogP contribution in [0, 0.1) is 0 Å². The van der Waals surface area contributed by atoms with Crippen LogP contribution in [0.4, 0.5) is 0 Å². The van der Waals surface area contributed by atoms with Gasteiger partial charge in [-0.05, 0) is 36.6 Å². The third-order valence-electron chi connectivity index (χ3n) is 5.64. The topological polar surface area (TPSA) is 99.8 Å². The molecule has 8 heteroatoms. The van der Waals surface area contributed by atoms with Crippen molar-refractivity contribution in [3.63, 3.8) is 0 Å². The van der Waals surface area contributed by atoms with E-state index in [1.165, 1.54) is 0 Å². The summed E-state index contributed by atoms with van der Waals surface area (Å²) in [4.78, 5) is 38.0. The molecule has 1 aromatic rings. The van der Waals surface area contributed by atoms with Gasteiger partial charge in [-0.25, -0.2) is 0 Å². The zero-order valence-corrected chi connectivity index (χ0v) is 15.8. The number of rotatable bonds is 6. The average molecular weight is 386 g/mol. The highest BCUT2D eigenvalue weighted by Crippen LogP contribution is 2.29. The van der Waals surface area contributed by atoms with Crippen LogP contribution in [0.2, 0.25) is 0 Å². The molecule has 2 unspecified atom stereocenters. The summed E-state index contributed by atoms with van der Waals surface area (Å²) in [6.07, 6.45) is 1.83. The van der Waals surface area contributed by atoms with Gasteiger partial charge in [0.15, 0.2) is 0 Å². The summed E-state index contributed by atoms with van der Waals surface area (Å²) in [6.45, 7) is 4.47. The number of imide groups is 1. The smallest absolute Gasteiger partial charge is 0.255 e. The minimum Gasteiger partial charge on any atom is -0.376 e. The molecule has 0 spiro atoms. The van der Waals surface area contributed by atoms with E-state index in [0.29, 0.717) is 25.1 Å². The lowest BCUT2D eigenvalue weighted by Gasteiger charge is -2.29. The summed E-state index contributed by atoms with van der Waals surface area (Å²) < 4.78 is 5.70. The van der Waals surface area contributed by atoms with Crippen LogP contribution in [0.25, 0.3) is 0 Å². The molecule has 3 aliphatic heterocycles. The molecule has 2 saturated heterocycles. The van der Waals surface area contributed by atoms with Crippen LogP contribution < -0.4 is 16.0 Å². The lowest BCUT2D eigenvalue weighted by molar-refractivity contribution is -0.136. The Bertz CT molecular complexity index is 775. The number of nitrogens with zero attached hydrogens (tertiary/aromatic N) is 1. The summed E-state index contributed by atoms with van der Waals surface area (Å²) in [6, 6.07) is 5.14. The van der Waals surface area contributed by atoms with Gasteiger partial charge < -0.3 is 20.3 Å². The highest BCUT2D eigenvalue weighted by molar-refractivity contribution is 6.05. The second-order valence-corrected chi connectivity index (χ2v) is 7.51. The molecule has 2 atom stereocenters. The number of nitrogens with one attached hydrogen (secondary N) is 3. The molecular weight excluding hydrogens is 360 g/mol. The number of ether oxygens (including phenoxy) is 1. The van der Waals surface area contributed by atoms with Gasteiger partial charge in [-0.1, -0.05) is 12.1 Å². The van der Waals surface area contributed by atoms with E-state index >= 15 is 0 Å². The second-order valence-electron chi connectivity index (χ2n) is 7.51. The molecule has 28 heavy (non-hydrogen) atoms. The SMILES string of the molecule is O=C1CCC(N2Cc3c(CNCCC4CNCCO4)cccc3C2=O)C(=O)N1. The van der Waals surface area contributed by atoms with Crippen molar-refractivity contribution < 1.29 is 19.1 Å². The van der Waals surface area contributed by atoms with E-state index in [1.807, 2.05) is 18.2 Å². The van der Waals surface area contributed by atoms with Crippen LogP contribution in [-0.4, -0.2) is 61.0 Å². The van der Waals surface area contributed by atoms with Crippen molar-refractivity contribution in [2.24, 2.45) is 0 Å². The first-order chi connectivity index (χ1) is 13.6. The Kier molecular flexibility index (Phi) is 5.70. The predicted octanol–water partition coefficient (Wildman–Crippen LogP) is -0.0843. The normalized spacial score (nSPS) is 25.0. The second kappa shape index (κ2) is 8.38. The molecule has 4 rings (SSSR count). The maximum Gasteiger partial charge on any atom is 0.255 e. The Morgan fingerprint density at radius 1 is 1.25 bits per heavy atom. The van der Waals surface area contributed by atoms with Crippen LogP contribution in [0.3, 0.4) is 0 Å². The van der Waals surface area contributed by atoms with Crippen LogP contribution in [0.15, 0.2) is 18.2 Å². The molecule has 0 radical (unpaired) electrons. The van der Waals surface area contributed by atoms with Crippen LogP contribution in [-0.2, 0) is 27.4 Å². The van der Waals surface area contributed by atoms with Crippen molar-refractivity contribution in [3.05, 3.63) is 34.9 Å². The third kappa shape index (κ3) is 3.94. The fourth-order valence-corrected chi connectivity index (χ4v) is 4.11. The van der Waals surface area contributed by atoms with Crippen LogP contribution in [0.1, 0.15) is 40.7 Å². The van der Waals surface area contributed by atoms with Crippen LogP contribution in [0.5, 0.6) is 0 Å². The van der Waals surface area contributed by atoms with Crippen molar-refractivity contribution >= 4 is 17.7 Å². The molecule has 0 aromatic heterocycles. The number of benzene rings is 1. The summed E-state index contributed by atoms with van der Waals surface area (Å²) in [5, 5.41) is 9.11. The Morgan fingerprint density at radius 2 is 2.14 bits per heavy atom. The Hall–Kier alpha value is -2.29. The van der Waals surface area contributed by atoms with Gasteiger partial charge in [-0.2, -0.15) is 0 Å². The zero-order valence-electron chi connectivity index (χ0n) is 15.8. The molecular formula is C20H26N4O4. The van der Waals surface area contributed by atoms with Crippen molar-refractivity contribution in [3.8, 4) is 0 Å². The van der Waals surface area contributed by atoms with Gasteiger partial charge in [-0.15, -0.1) is 0 Å². The maximum absolute atomic E-state index is 12.8. The first kappa shape index (κ1) is 19.0. The van der Waals surface area contributed by atoms with E-state index in [9.17, 15) is 14.4 Å². The number of fused-ring (bicyclic) bond motifs is 1. The predicted molar refractivity (Wildman–Crippen MR) is 101 cm³/mol. The average Bonchev–Trinajstić information content (AvgIpc) is 3.03. The number of amides is 3. The molecule has 3 N–H and O–H groups in total. The zero-order chi connectivity index (χ0) is 19.5. The quantitative estimate of drug-likeness (QED) is 0.467. The first-order valence-electron chi connectivity index (χ1n) is 9.92. The summed E-state index contributed by atoms with van der Waals surface area (Å²) in [5.41, 5.74) is 2.70. The van der Waals surface area contributed by atoms with Crippen molar-refractivity contribution in [1.82, 2.24) is 20.9 Å². The Morgan fingerprint density at radius 3 is 2.93 bits per heavy atom. The fraction of sp³-hybridized carbons (Fsp3) is 0.550. The molecule has 2 fully saturated rings. The molecule has 3 aliphatic rings. The van der Waals surface area contributed by atoms with Gasteiger partial charge >= 0.3 is 0 Å². The number of hydrogen-bond donors (Lipinski definition) is 3. The van der Waals surface area contributed by atoms with Gasteiger partial charge in [0.2, 0.25) is 11.8 Å². The highest BCUT2D eigenvalue weighted by Gasteiger charge is 2.39. The molecule has 0 saturated carbocycles. The summed E-state index contributed by atoms with van der Waals surface area (Å²) in [5.74, 6) is -0.779. The van der Waals surface area contributed by atoms with Crippen molar-refractivity contribution in [2.75, 3.05) is 26.2 Å². The van der Waals surface area contributed by atoms with Crippen molar-refractivity contribution in [2.45, 2.75) is 44.5 Å². The van der Waals surface area contributed by atoms with Crippen LogP contribution >= 0.6 is 0 Å². The first-order valence-corrected chi connectivity index (χ1v) is 9.92. The number of carbonyl (C=O) groups is 3. The van der Waals surface area contributed by atoms with E-state index < -0.39 is 6.04 Å². The third-order valence-corrected chi connectivity index (χ3v) is 5.64. The fourth-order valence-electron chi connectivity index (χ4n) is 4.11. The van der Waals surface area contributed by atoms with E-state index in [2.05, 4.69) is 16.0 Å². The Labute approximate surface area is 164 Å². The minimum atomic E-state index is -0.575. The van der Waals surface area contributed by atoms with E-state index in [1.54, 1.807) is 4.90 Å².